The maximum Gasteiger partial charge on any atom is 0.418 e. The van der Waals surface area contributed by atoms with Crippen molar-refractivity contribution in [2.24, 2.45) is 5.92 Å². The smallest absolute Gasteiger partial charge is 0.370 e. The summed E-state index contributed by atoms with van der Waals surface area (Å²) in [5.41, 5.74) is -1.74. The Bertz CT molecular complexity index is 1190. The highest BCUT2D eigenvalue weighted by Gasteiger charge is 2.36. The maximum absolute atomic E-state index is 13.9. The summed E-state index contributed by atoms with van der Waals surface area (Å²) in [6.45, 7) is 2.77. The third kappa shape index (κ3) is 7.43. The van der Waals surface area contributed by atoms with Gasteiger partial charge in [0.05, 0.1) is 27.1 Å². The summed E-state index contributed by atoms with van der Waals surface area (Å²) >= 11 is 6.83. The molecule has 1 atom stereocenters. The number of morpholine rings is 1. The summed E-state index contributed by atoms with van der Waals surface area (Å²) in [5.74, 6) is -3.09. The van der Waals surface area contributed by atoms with Crippen molar-refractivity contribution in [1.29, 1.82) is 0 Å². The number of amides is 4. The number of carbonyl (C=O) groups is 4. The molecule has 4 amide bonds. The fourth-order valence-corrected chi connectivity index (χ4v) is 4.28. The lowest BCUT2D eigenvalue weighted by Crippen LogP contribution is -2.51. The maximum atomic E-state index is 13.9. The number of ether oxygens (including phenoxy) is 1. The average molecular weight is 561 g/mol. The van der Waals surface area contributed by atoms with Crippen molar-refractivity contribution in [3.8, 4) is 0 Å². The zero-order chi connectivity index (χ0) is 27.3. The molecule has 1 saturated heterocycles. The number of hydrogen-bond donors (Lipinski definition) is 3. The van der Waals surface area contributed by atoms with Crippen LogP contribution in [0.4, 0.5) is 24.5 Å². The van der Waals surface area contributed by atoms with Gasteiger partial charge in [0.25, 0.3) is 11.8 Å². The van der Waals surface area contributed by atoms with Crippen LogP contribution >= 0.6 is 22.9 Å². The zero-order valence-electron chi connectivity index (χ0n) is 19.8. The lowest BCUT2D eigenvalue weighted by molar-refractivity contribution is -0.137. The molecule has 3 rings (SSSR count). The second kappa shape index (κ2) is 11.9. The van der Waals surface area contributed by atoms with Gasteiger partial charge in [-0.05, 0) is 30.3 Å². The van der Waals surface area contributed by atoms with E-state index in [-0.39, 0.29) is 36.9 Å². The number of nitrogens with one attached hydrogen (secondary N) is 3. The first-order valence-corrected chi connectivity index (χ1v) is 12.3. The Kier molecular flexibility index (Phi) is 9.16. The van der Waals surface area contributed by atoms with Crippen molar-refractivity contribution in [2.75, 3.05) is 36.5 Å². The molecule has 14 heteroatoms. The lowest BCUT2D eigenvalue weighted by Gasteiger charge is -2.28. The van der Waals surface area contributed by atoms with Gasteiger partial charge >= 0.3 is 6.18 Å². The van der Waals surface area contributed by atoms with Gasteiger partial charge in [0, 0.05) is 24.7 Å². The number of carbonyl (C=O) groups excluding carboxylic acids is 4. The molecule has 2 heterocycles. The fourth-order valence-electron chi connectivity index (χ4n) is 3.32. The van der Waals surface area contributed by atoms with Crippen molar-refractivity contribution in [2.45, 2.75) is 26.1 Å². The first kappa shape index (κ1) is 28.4. The third-order valence-electron chi connectivity index (χ3n) is 5.29. The molecule has 200 valence electrons. The molecule has 0 spiro atoms. The SMILES string of the molecule is CC(C)C(=O)N[C@@H](CNC(=O)c1ccc(Cl)s1)C(=O)Nc1ccc(N2CCOCC2=O)cc1C(F)(F)F. The van der Waals surface area contributed by atoms with E-state index in [0.717, 1.165) is 23.5 Å². The van der Waals surface area contributed by atoms with Gasteiger partial charge < -0.3 is 25.6 Å². The van der Waals surface area contributed by atoms with Gasteiger partial charge in [-0.1, -0.05) is 25.4 Å². The predicted molar refractivity (Wildman–Crippen MR) is 132 cm³/mol. The van der Waals surface area contributed by atoms with Crippen LogP contribution in [0.2, 0.25) is 4.34 Å². The molecule has 0 bridgehead atoms. The van der Waals surface area contributed by atoms with Crippen LogP contribution in [0.25, 0.3) is 0 Å². The topological polar surface area (TPSA) is 117 Å². The van der Waals surface area contributed by atoms with Gasteiger partial charge in [-0.3, -0.25) is 19.2 Å². The number of hydrogen-bond acceptors (Lipinski definition) is 6. The second-order valence-corrected chi connectivity index (χ2v) is 10.1. The van der Waals surface area contributed by atoms with Crippen LogP contribution in [0.3, 0.4) is 0 Å². The van der Waals surface area contributed by atoms with E-state index in [1.54, 1.807) is 13.8 Å². The van der Waals surface area contributed by atoms with Crippen LogP contribution in [-0.4, -0.2) is 56.0 Å². The summed E-state index contributed by atoms with van der Waals surface area (Å²) in [6, 6.07) is 4.68. The normalized spacial score (nSPS) is 14.9. The standard InChI is InChI=1S/C23H24ClF3N4O5S/c1-12(2)20(33)30-16(10-28-22(35)17-5-6-18(24)37-17)21(34)29-15-4-3-13(9-14(15)23(25,26)27)31-7-8-36-11-19(31)32/h3-6,9,12,16H,7-8,10-11H2,1-2H3,(H,28,35)(H,29,34)(H,30,33)/t16-/m0/s1. The van der Waals surface area contributed by atoms with Gasteiger partial charge in [0.15, 0.2) is 0 Å². The van der Waals surface area contributed by atoms with E-state index < -0.39 is 53.0 Å². The molecule has 1 aromatic heterocycles. The first-order chi connectivity index (χ1) is 17.4. The fraction of sp³-hybridized carbons (Fsp3) is 0.391. The summed E-state index contributed by atoms with van der Waals surface area (Å²) in [6.07, 6.45) is -4.86. The number of benzene rings is 1. The van der Waals surface area contributed by atoms with Crippen molar-refractivity contribution < 1.29 is 37.1 Å². The summed E-state index contributed by atoms with van der Waals surface area (Å²) in [4.78, 5) is 51.1. The Balaban J connectivity index is 1.82. The lowest BCUT2D eigenvalue weighted by atomic mass is 10.1. The van der Waals surface area contributed by atoms with E-state index >= 15 is 0 Å². The van der Waals surface area contributed by atoms with Gasteiger partial charge in [-0.15, -0.1) is 11.3 Å². The largest absolute Gasteiger partial charge is 0.418 e. The molecule has 37 heavy (non-hydrogen) atoms. The van der Waals surface area contributed by atoms with Crippen molar-refractivity contribution in [3.05, 3.63) is 45.1 Å². The minimum Gasteiger partial charge on any atom is -0.370 e. The highest BCUT2D eigenvalue weighted by molar-refractivity contribution is 7.18. The van der Waals surface area contributed by atoms with E-state index in [1.165, 1.54) is 23.1 Å². The average Bonchev–Trinajstić information content (AvgIpc) is 3.27. The van der Waals surface area contributed by atoms with Crippen molar-refractivity contribution in [3.63, 3.8) is 0 Å². The third-order valence-corrected chi connectivity index (χ3v) is 6.51. The molecular weight excluding hydrogens is 537 g/mol. The minimum absolute atomic E-state index is 0.00477. The highest BCUT2D eigenvalue weighted by Crippen LogP contribution is 2.37. The van der Waals surface area contributed by atoms with Crippen LogP contribution in [-0.2, 0) is 25.3 Å². The molecule has 0 saturated carbocycles. The van der Waals surface area contributed by atoms with Crippen LogP contribution in [0.15, 0.2) is 30.3 Å². The number of anilines is 2. The van der Waals surface area contributed by atoms with Gasteiger partial charge in [0.1, 0.15) is 12.6 Å². The predicted octanol–water partition coefficient (Wildman–Crippen LogP) is 3.29. The van der Waals surface area contributed by atoms with E-state index in [4.69, 9.17) is 16.3 Å². The zero-order valence-corrected chi connectivity index (χ0v) is 21.4. The van der Waals surface area contributed by atoms with Gasteiger partial charge in [0.2, 0.25) is 11.8 Å². The minimum atomic E-state index is -4.86. The Hall–Kier alpha value is -3.16. The second-order valence-electron chi connectivity index (χ2n) is 8.34. The van der Waals surface area contributed by atoms with E-state index in [2.05, 4.69) is 16.0 Å². The quantitative estimate of drug-likeness (QED) is 0.458. The number of halogens is 4. The van der Waals surface area contributed by atoms with E-state index in [9.17, 15) is 32.3 Å². The molecule has 0 radical (unpaired) electrons. The number of thiophene rings is 1. The van der Waals surface area contributed by atoms with Crippen molar-refractivity contribution in [1.82, 2.24) is 10.6 Å². The molecule has 1 aromatic carbocycles. The van der Waals surface area contributed by atoms with Crippen molar-refractivity contribution >= 4 is 57.9 Å². The molecular formula is C23H24ClF3N4O5S. The van der Waals surface area contributed by atoms with Gasteiger partial charge in [-0.2, -0.15) is 13.2 Å². The van der Waals surface area contributed by atoms with Crippen LogP contribution in [0, 0.1) is 5.92 Å². The Morgan fingerprint density at radius 1 is 1.16 bits per heavy atom. The summed E-state index contributed by atoms with van der Waals surface area (Å²) in [7, 11) is 0. The number of nitrogens with zero attached hydrogens (tertiary/aromatic N) is 1. The molecule has 3 N–H and O–H groups in total. The Labute approximate surface area is 219 Å². The van der Waals surface area contributed by atoms with Crippen LogP contribution < -0.4 is 20.9 Å². The summed E-state index contributed by atoms with van der Waals surface area (Å²) in [5, 5.41) is 7.12. The highest BCUT2D eigenvalue weighted by atomic mass is 35.5. The van der Waals surface area contributed by atoms with E-state index in [0.29, 0.717) is 4.34 Å². The molecule has 1 aliphatic rings. The Morgan fingerprint density at radius 2 is 1.89 bits per heavy atom. The van der Waals surface area contributed by atoms with E-state index in [1.807, 2.05) is 0 Å². The van der Waals surface area contributed by atoms with Crippen LogP contribution in [0.1, 0.15) is 29.1 Å². The number of alkyl halides is 3. The molecule has 1 fully saturated rings. The molecule has 9 nitrogen and oxygen atoms in total. The first-order valence-electron chi connectivity index (χ1n) is 11.1. The molecule has 0 aliphatic carbocycles. The monoisotopic (exact) mass is 560 g/mol. The molecule has 2 aromatic rings. The summed E-state index contributed by atoms with van der Waals surface area (Å²) < 4.78 is 47.0. The Morgan fingerprint density at radius 3 is 2.49 bits per heavy atom. The number of rotatable bonds is 8. The molecule has 0 unspecified atom stereocenters. The van der Waals surface area contributed by atoms with Crippen LogP contribution in [0.5, 0.6) is 0 Å². The molecule has 1 aliphatic heterocycles. The van der Waals surface area contributed by atoms with Gasteiger partial charge in [-0.25, -0.2) is 0 Å².